The molecule has 182 valence electrons. The second-order valence-electron chi connectivity index (χ2n) is 7.88. The predicted octanol–water partition coefficient (Wildman–Crippen LogP) is 6.92. The number of halogens is 3. The molecule has 0 unspecified atom stereocenters. The summed E-state index contributed by atoms with van der Waals surface area (Å²) in [7, 11) is 0. The van der Waals surface area contributed by atoms with E-state index in [2.05, 4.69) is 0 Å². The van der Waals surface area contributed by atoms with Crippen LogP contribution in [0.2, 0.25) is 10.0 Å². The highest BCUT2D eigenvalue weighted by molar-refractivity contribution is 8.15. The summed E-state index contributed by atoms with van der Waals surface area (Å²) in [4.78, 5) is 26.8. The van der Waals surface area contributed by atoms with E-state index in [1.165, 1.54) is 17.0 Å². The molecule has 1 heterocycles. The molecule has 5 nitrogen and oxygen atoms in total. The van der Waals surface area contributed by atoms with Gasteiger partial charge in [0.1, 0.15) is 12.4 Å². The van der Waals surface area contributed by atoms with Gasteiger partial charge in [-0.25, -0.2) is 4.39 Å². The fourth-order valence-corrected chi connectivity index (χ4v) is 5.12. The maximum Gasteiger partial charge on any atom is 0.289 e. The number of hydrogen-bond donors (Lipinski definition) is 0. The second-order valence-corrected chi connectivity index (χ2v) is 9.88. The van der Waals surface area contributed by atoms with Crippen molar-refractivity contribution in [3.63, 3.8) is 0 Å². The van der Waals surface area contributed by atoms with Crippen molar-refractivity contribution in [3.8, 4) is 11.5 Å². The lowest BCUT2D eigenvalue weighted by atomic mass is 10.1. The highest BCUT2D eigenvalue weighted by Crippen LogP contribution is 2.39. The van der Waals surface area contributed by atoms with E-state index < -0.39 is 5.25 Å². The van der Waals surface area contributed by atoms with Gasteiger partial charge in [0.25, 0.3) is 5.24 Å². The van der Waals surface area contributed by atoms with Crippen molar-refractivity contribution in [2.75, 3.05) is 6.61 Å². The van der Waals surface area contributed by atoms with Gasteiger partial charge in [0, 0.05) is 5.02 Å². The highest BCUT2D eigenvalue weighted by Gasteiger charge is 2.39. The molecule has 1 aliphatic rings. The molecule has 0 radical (unpaired) electrons. The molecule has 1 aliphatic heterocycles. The van der Waals surface area contributed by atoms with Crippen LogP contribution in [0.3, 0.4) is 0 Å². The smallest absolute Gasteiger partial charge is 0.289 e. The maximum absolute atomic E-state index is 13.5. The van der Waals surface area contributed by atoms with Crippen LogP contribution in [0.1, 0.15) is 23.6 Å². The molecule has 1 saturated heterocycles. The van der Waals surface area contributed by atoms with E-state index in [9.17, 15) is 14.0 Å². The zero-order valence-electron chi connectivity index (χ0n) is 18.8. The van der Waals surface area contributed by atoms with Crippen LogP contribution in [0.25, 0.3) is 0 Å². The largest absolute Gasteiger partial charge is 0.490 e. The van der Waals surface area contributed by atoms with Crippen molar-refractivity contribution >= 4 is 46.1 Å². The number of carbonyl (C=O) groups excluding carboxylic acids is 2. The number of ether oxygens (including phenoxy) is 2. The lowest BCUT2D eigenvalue weighted by Crippen LogP contribution is -2.31. The number of amides is 2. The summed E-state index contributed by atoms with van der Waals surface area (Å²) < 4.78 is 25.1. The predicted molar refractivity (Wildman–Crippen MR) is 136 cm³/mol. The number of benzene rings is 3. The van der Waals surface area contributed by atoms with Gasteiger partial charge in [0.15, 0.2) is 11.5 Å². The van der Waals surface area contributed by atoms with E-state index in [4.69, 9.17) is 32.7 Å². The number of imide groups is 1. The van der Waals surface area contributed by atoms with E-state index in [1.807, 2.05) is 6.92 Å². The standard InChI is InChI=1S/C26H22Cl2FNO4S/c1-2-33-22-12-18(11-21(28)24(22)34-15-17-4-3-5-20(29)10-17)13-23-25(31)30(26(32)35-23)14-16-6-8-19(27)9-7-16/h3-12,23H,2,13-15H2,1H3/t23-/m0/s1. The summed E-state index contributed by atoms with van der Waals surface area (Å²) in [5, 5.41) is 0.0353. The van der Waals surface area contributed by atoms with E-state index >= 15 is 0 Å². The van der Waals surface area contributed by atoms with Gasteiger partial charge < -0.3 is 9.47 Å². The molecule has 0 N–H and O–H groups in total. The van der Waals surface area contributed by atoms with Gasteiger partial charge in [-0.1, -0.05) is 59.2 Å². The third-order valence-corrected chi connectivity index (χ3v) is 6.93. The summed E-state index contributed by atoms with van der Waals surface area (Å²) in [5.74, 6) is 0.157. The van der Waals surface area contributed by atoms with Crippen LogP contribution in [0.15, 0.2) is 60.7 Å². The van der Waals surface area contributed by atoms with E-state index in [1.54, 1.807) is 48.5 Å². The summed E-state index contributed by atoms with van der Waals surface area (Å²) in [5.41, 5.74) is 2.21. The molecular formula is C26H22Cl2FNO4S. The fourth-order valence-electron chi connectivity index (χ4n) is 3.68. The SMILES string of the molecule is CCOc1cc(C[C@@H]2SC(=O)N(Cc3ccc(Cl)cc3)C2=O)cc(Cl)c1OCc1cccc(F)c1. The van der Waals surface area contributed by atoms with Crippen LogP contribution in [0.4, 0.5) is 9.18 Å². The molecule has 1 fully saturated rings. The van der Waals surface area contributed by atoms with Gasteiger partial charge in [0.05, 0.1) is 23.4 Å². The third-order valence-electron chi connectivity index (χ3n) is 5.32. The zero-order valence-corrected chi connectivity index (χ0v) is 21.1. The van der Waals surface area contributed by atoms with Gasteiger partial charge in [0.2, 0.25) is 5.91 Å². The van der Waals surface area contributed by atoms with Gasteiger partial charge in [-0.3, -0.25) is 14.5 Å². The lowest BCUT2D eigenvalue weighted by Gasteiger charge is -2.17. The molecular weight excluding hydrogens is 512 g/mol. The topological polar surface area (TPSA) is 55.8 Å². The number of thioether (sulfide) groups is 1. The number of carbonyl (C=O) groups is 2. The Labute approximate surface area is 217 Å². The molecule has 4 rings (SSSR count). The average Bonchev–Trinajstić information content (AvgIpc) is 3.07. The van der Waals surface area contributed by atoms with Crippen LogP contribution in [-0.2, 0) is 24.4 Å². The Morgan fingerprint density at radius 2 is 1.74 bits per heavy atom. The molecule has 35 heavy (non-hydrogen) atoms. The van der Waals surface area contributed by atoms with Crippen molar-refractivity contribution in [1.82, 2.24) is 4.90 Å². The lowest BCUT2D eigenvalue weighted by molar-refractivity contribution is -0.127. The van der Waals surface area contributed by atoms with Crippen molar-refractivity contribution in [1.29, 1.82) is 0 Å². The van der Waals surface area contributed by atoms with Crippen molar-refractivity contribution < 1.29 is 23.5 Å². The average molecular weight is 534 g/mol. The molecule has 2 amide bonds. The van der Waals surface area contributed by atoms with Crippen LogP contribution in [0.5, 0.6) is 11.5 Å². The molecule has 0 aliphatic carbocycles. The maximum atomic E-state index is 13.5. The molecule has 0 aromatic heterocycles. The minimum Gasteiger partial charge on any atom is -0.490 e. The Kier molecular flexibility index (Phi) is 8.21. The van der Waals surface area contributed by atoms with Gasteiger partial charge in [-0.2, -0.15) is 0 Å². The third kappa shape index (κ3) is 6.28. The summed E-state index contributed by atoms with van der Waals surface area (Å²) in [6, 6.07) is 16.6. The molecule has 3 aromatic rings. The van der Waals surface area contributed by atoms with Crippen LogP contribution in [-0.4, -0.2) is 27.9 Å². The number of rotatable bonds is 9. The molecule has 9 heteroatoms. The highest BCUT2D eigenvalue weighted by atomic mass is 35.5. The van der Waals surface area contributed by atoms with Crippen LogP contribution >= 0.6 is 35.0 Å². The Morgan fingerprint density at radius 3 is 2.46 bits per heavy atom. The molecule has 0 bridgehead atoms. The molecule has 0 saturated carbocycles. The van der Waals surface area contributed by atoms with Crippen molar-refractivity contribution in [2.45, 2.75) is 31.7 Å². The summed E-state index contributed by atoms with van der Waals surface area (Å²) in [6.45, 7) is 2.51. The quantitative estimate of drug-likeness (QED) is 0.299. The number of hydrogen-bond acceptors (Lipinski definition) is 5. The van der Waals surface area contributed by atoms with Gasteiger partial charge >= 0.3 is 0 Å². The van der Waals surface area contributed by atoms with Gasteiger partial charge in [-0.05, 0) is 66.4 Å². The Morgan fingerprint density at radius 1 is 0.971 bits per heavy atom. The monoisotopic (exact) mass is 533 g/mol. The van der Waals surface area contributed by atoms with Crippen LogP contribution in [0, 0.1) is 5.82 Å². The Bertz CT molecular complexity index is 1240. The van der Waals surface area contributed by atoms with Crippen molar-refractivity contribution in [2.24, 2.45) is 0 Å². The normalized spacial score (nSPS) is 15.5. The summed E-state index contributed by atoms with van der Waals surface area (Å²) in [6.07, 6.45) is 0.302. The first-order chi connectivity index (χ1) is 16.8. The van der Waals surface area contributed by atoms with Crippen molar-refractivity contribution in [3.05, 3.63) is 93.2 Å². The minimum atomic E-state index is -0.570. The Hall–Kier alpha value is -2.74. The Balaban J connectivity index is 1.48. The van der Waals surface area contributed by atoms with E-state index in [0.29, 0.717) is 40.1 Å². The molecule has 3 aromatic carbocycles. The van der Waals surface area contributed by atoms with E-state index in [-0.39, 0.29) is 30.1 Å². The first kappa shape index (κ1) is 25.4. The summed E-state index contributed by atoms with van der Waals surface area (Å²) >= 11 is 13.4. The first-order valence-corrected chi connectivity index (χ1v) is 12.6. The number of nitrogens with zero attached hydrogens (tertiary/aromatic N) is 1. The molecule has 0 spiro atoms. The minimum absolute atomic E-state index is 0.113. The van der Waals surface area contributed by atoms with Gasteiger partial charge in [-0.15, -0.1) is 0 Å². The first-order valence-electron chi connectivity index (χ1n) is 10.9. The second kappa shape index (κ2) is 11.3. The fraction of sp³-hybridized carbons (Fsp3) is 0.231. The molecule has 1 atom stereocenters. The van der Waals surface area contributed by atoms with E-state index in [0.717, 1.165) is 22.9 Å². The zero-order chi connectivity index (χ0) is 24.9. The van der Waals surface area contributed by atoms with Crippen LogP contribution < -0.4 is 9.47 Å².